The van der Waals surface area contributed by atoms with Crippen LogP contribution >= 0.6 is 0 Å². The Labute approximate surface area is 76.7 Å². The molecule has 0 aromatic rings. The van der Waals surface area contributed by atoms with E-state index in [1.807, 2.05) is 7.05 Å². The van der Waals surface area contributed by atoms with Crippen LogP contribution < -0.4 is 5.32 Å². The zero-order valence-corrected chi connectivity index (χ0v) is 9.32. The van der Waals surface area contributed by atoms with Crippen LogP contribution in [0.3, 0.4) is 0 Å². The Bertz CT molecular complexity index is 124. The smallest absolute Gasteiger partial charge is 0.0645 e. The molecule has 74 valence electrons. The molecule has 0 atom stereocenters. The summed E-state index contributed by atoms with van der Waals surface area (Å²) in [5, 5.41) is 3.13. The number of hydrogen-bond acceptors (Lipinski definition) is 2. The predicted molar refractivity (Wildman–Crippen MR) is 53.5 cm³/mol. The maximum atomic E-state index is 5.89. The van der Waals surface area contributed by atoms with Crippen molar-refractivity contribution in [2.75, 3.05) is 13.6 Å². The molecule has 1 N–H and O–H groups in total. The molecule has 2 heteroatoms. The molecule has 0 rings (SSSR count). The molecule has 0 saturated heterocycles. The van der Waals surface area contributed by atoms with E-state index < -0.39 is 0 Å². The van der Waals surface area contributed by atoms with E-state index in [-0.39, 0.29) is 11.2 Å². The van der Waals surface area contributed by atoms with Crippen molar-refractivity contribution in [1.29, 1.82) is 0 Å². The highest BCUT2D eigenvalue weighted by atomic mass is 16.5. The fourth-order valence-corrected chi connectivity index (χ4v) is 1.31. The molecule has 0 aromatic carbocycles. The van der Waals surface area contributed by atoms with Crippen molar-refractivity contribution >= 4 is 0 Å². The molecule has 0 aliphatic carbocycles. The molecule has 0 radical (unpaired) electrons. The van der Waals surface area contributed by atoms with E-state index in [2.05, 4.69) is 39.9 Å². The molecule has 0 aliphatic rings. The Morgan fingerprint density at radius 2 is 1.58 bits per heavy atom. The summed E-state index contributed by atoms with van der Waals surface area (Å²) in [6, 6.07) is 0. The van der Waals surface area contributed by atoms with Gasteiger partial charge in [0.05, 0.1) is 11.2 Å². The Kier molecular flexibility index (Phi) is 4.21. The fraction of sp³-hybridized carbons (Fsp3) is 1.00. The van der Waals surface area contributed by atoms with Crippen LogP contribution in [-0.4, -0.2) is 24.8 Å². The fourth-order valence-electron chi connectivity index (χ4n) is 1.31. The highest BCUT2D eigenvalue weighted by molar-refractivity contribution is 4.74. The van der Waals surface area contributed by atoms with Gasteiger partial charge in [0.15, 0.2) is 0 Å². The van der Waals surface area contributed by atoms with Crippen LogP contribution in [-0.2, 0) is 4.74 Å². The Balaban J connectivity index is 3.86. The molecule has 0 saturated carbocycles. The summed E-state index contributed by atoms with van der Waals surface area (Å²) in [6.07, 6.45) is 1.04. The van der Waals surface area contributed by atoms with Gasteiger partial charge in [-0.25, -0.2) is 0 Å². The topological polar surface area (TPSA) is 21.3 Å². The van der Waals surface area contributed by atoms with E-state index in [9.17, 15) is 0 Å². The van der Waals surface area contributed by atoms with E-state index >= 15 is 0 Å². The lowest BCUT2D eigenvalue weighted by atomic mass is 10.0. The van der Waals surface area contributed by atoms with E-state index in [1.165, 1.54) is 0 Å². The van der Waals surface area contributed by atoms with Gasteiger partial charge >= 0.3 is 0 Å². The van der Waals surface area contributed by atoms with Gasteiger partial charge < -0.3 is 10.1 Å². The molecular formula is C10H23NO. The Morgan fingerprint density at radius 1 is 1.08 bits per heavy atom. The highest BCUT2D eigenvalue weighted by Crippen LogP contribution is 2.22. The first-order chi connectivity index (χ1) is 5.27. The van der Waals surface area contributed by atoms with Gasteiger partial charge in [-0.1, -0.05) is 0 Å². The third kappa shape index (κ3) is 6.62. The standard InChI is InChI=1S/C10H23NO/c1-9(2,3)12-10(4,5)7-8-11-6/h11H,7-8H2,1-6H3. The molecule has 2 nitrogen and oxygen atoms in total. The molecule has 0 aliphatic heterocycles. The van der Waals surface area contributed by atoms with Crippen LogP contribution in [0.4, 0.5) is 0 Å². The molecule has 0 unspecified atom stereocenters. The van der Waals surface area contributed by atoms with Crippen LogP contribution in [0.1, 0.15) is 41.0 Å². The summed E-state index contributed by atoms with van der Waals surface area (Å²) in [6.45, 7) is 11.5. The minimum atomic E-state index is -0.0444. The summed E-state index contributed by atoms with van der Waals surface area (Å²) >= 11 is 0. The molecular weight excluding hydrogens is 150 g/mol. The molecule has 0 amide bonds. The van der Waals surface area contributed by atoms with Gasteiger partial charge in [0, 0.05) is 0 Å². The van der Waals surface area contributed by atoms with Gasteiger partial charge in [0.2, 0.25) is 0 Å². The predicted octanol–water partition coefficient (Wildman–Crippen LogP) is 2.19. The zero-order valence-electron chi connectivity index (χ0n) is 9.32. The number of hydrogen-bond donors (Lipinski definition) is 1. The molecule has 0 bridgehead atoms. The van der Waals surface area contributed by atoms with Crippen molar-refractivity contribution in [1.82, 2.24) is 5.32 Å². The van der Waals surface area contributed by atoms with E-state index in [0.29, 0.717) is 0 Å². The van der Waals surface area contributed by atoms with Crippen LogP contribution in [0, 0.1) is 0 Å². The highest BCUT2D eigenvalue weighted by Gasteiger charge is 2.24. The second kappa shape index (κ2) is 4.24. The van der Waals surface area contributed by atoms with E-state index in [0.717, 1.165) is 13.0 Å². The lowest BCUT2D eigenvalue weighted by Crippen LogP contribution is -2.36. The third-order valence-corrected chi connectivity index (χ3v) is 1.56. The SMILES string of the molecule is CNCCC(C)(C)OC(C)(C)C. The van der Waals surface area contributed by atoms with Gasteiger partial charge in [0.25, 0.3) is 0 Å². The van der Waals surface area contributed by atoms with E-state index in [4.69, 9.17) is 4.74 Å². The van der Waals surface area contributed by atoms with Gasteiger partial charge in [-0.05, 0) is 54.6 Å². The van der Waals surface area contributed by atoms with Crippen molar-refractivity contribution < 1.29 is 4.74 Å². The first-order valence-electron chi connectivity index (χ1n) is 4.62. The number of rotatable bonds is 4. The van der Waals surface area contributed by atoms with Crippen molar-refractivity contribution in [3.05, 3.63) is 0 Å². The van der Waals surface area contributed by atoms with Crippen molar-refractivity contribution in [3.63, 3.8) is 0 Å². The minimum Gasteiger partial charge on any atom is -0.370 e. The lowest BCUT2D eigenvalue weighted by molar-refractivity contribution is -0.115. The Hall–Kier alpha value is -0.0800. The number of nitrogens with one attached hydrogen (secondary N) is 1. The van der Waals surface area contributed by atoms with Crippen LogP contribution in [0.2, 0.25) is 0 Å². The molecule has 0 heterocycles. The summed E-state index contributed by atoms with van der Waals surface area (Å²) in [5.74, 6) is 0. The quantitative estimate of drug-likeness (QED) is 0.703. The molecule has 0 spiro atoms. The average Bonchev–Trinajstić information content (AvgIpc) is 1.78. The van der Waals surface area contributed by atoms with Gasteiger partial charge in [-0.3, -0.25) is 0 Å². The summed E-state index contributed by atoms with van der Waals surface area (Å²) < 4.78 is 5.89. The second-order valence-corrected chi connectivity index (χ2v) is 4.83. The maximum Gasteiger partial charge on any atom is 0.0645 e. The largest absolute Gasteiger partial charge is 0.370 e. The van der Waals surface area contributed by atoms with Gasteiger partial charge in [-0.2, -0.15) is 0 Å². The zero-order chi connectivity index (χ0) is 9.83. The molecule has 0 fully saturated rings. The normalized spacial score (nSPS) is 13.5. The van der Waals surface area contributed by atoms with Crippen LogP contribution in [0.25, 0.3) is 0 Å². The summed E-state index contributed by atoms with van der Waals surface area (Å²) in [4.78, 5) is 0. The van der Waals surface area contributed by atoms with Crippen LogP contribution in [0.15, 0.2) is 0 Å². The van der Waals surface area contributed by atoms with Crippen molar-refractivity contribution in [2.24, 2.45) is 0 Å². The summed E-state index contributed by atoms with van der Waals surface area (Å²) in [7, 11) is 1.97. The third-order valence-electron chi connectivity index (χ3n) is 1.56. The first kappa shape index (κ1) is 11.9. The first-order valence-corrected chi connectivity index (χ1v) is 4.62. The van der Waals surface area contributed by atoms with Crippen molar-refractivity contribution in [2.45, 2.75) is 52.2 Å². The van der Waals surface area contributed by atoms with E-state index in [1.54, 1.807) is 0 Å². The van der Waals surface area contributed by atoms with Crippen LogP contribution in [0.5, 0.6) is 0 Å². The van der Waals surface area contributed by atoms with Gasteiger partial charge in [0.1, 0.15) is 0 Å². The summed E-state index contributed by atoms with van der Waals surface area (Å²) in [5.41, 5.74) is -0.0709. The maximum absolute atomic E-state index is 5.89. The second-order valence-electron chi connectivity index (χ2n) is 4.83. The molecule has 0 aromatic heterocycles. The Morgan fingerprint density at radius 3 is 1.92 bits per heavy atom. The van der Waals surface area contributed by atoms with Crippen molar-refractivity contribution in [3.8, 4) is 0 Å². The number of ether oxygens (including phenoxy) is 1. The molecule has 12 heavy (non-hydrogen) atoms. The lowest BCUT2D eigenvalue weighted by Gasteiger charge is -2.33. The monoisotopic (exact) mass is 173 g/mol. The van der Waals surface area contributed by atoms with Gasteiger partial charge in [-0.15, -0.1) is 0 Å². The minimum absolute atomic E-state index is 0.0265. The average molecular weight is 173 g/mol.